The number of methoxy groups -OCH3 is 1. The summed E-state index contributed by atoms with van der Waals surface area (Å²) in [6, 6.07) is 13.9. The first-order chi connectivity index (χ1) is 9.58. The van der Waals surface area contributed by atoms with E-state index in [2.05, 4.69) is 42.7 Å². The van der Waals surface area contributed by atoms with Gasteiger partial charge in [-0.05, 0) is 61.5 Å². The lowest BCUT2D eigenvalue weighted by Gasteiger charge is -2.14. The van der Waals surface area contributed by atoms with E-state index in [1.165, 1.54) is 11.1 Å². The van der Waals surface area contributed by atoms with Gasteiger partial charge in [-0.25, -0.2) is 0 Å². The fourth-order valence-corrected chi connectivity index (χ4v) is 2.31. The Bertz CT molecular complexity index is 605. The van der Waals surface area contributed by atoms with Crippen molar-refractivity contribution in [1.29, 1.82) is 0 Å². The number of hydrogen-bond acceptors (Lipinski definition) is 2. The van der Waals surface area contributed by atoms with Gasteiger partial charge in [-0.3, -0.25) is 0 Å². The Balaban J connectivity index is 2.09. The summed E-state index contributed by atoms with van der Waals surface area (Å²) in [5.41, 5.74) is 4.23. The molecular formula is C16H18N2OS. The molecule has 104 valence electrons. The highest BCUT2D eigenvalue weighted by atomic mass is 32.1. The van der Waals surface area contributed by atoms with E-state index in [9.17, 15) is 0 Å². The maximum absolute atomic E-state index is 5.33. The minimum atomic E-state index is 0.541. The van der Waals surface area contributed by atoms with Crippen LogP contribution in [0.5, 0.6) is 5.75 Å². The molecular weight excluding hydrogens is 268 g/mol. The van der Waals surface area contributed by atoms with Crippen LogP contribution in [0.1, 0.15) is 11.1 Å². The number of hydrogen-bond donors (Lipinski definition) is 2. The fourth-order valence-electron chi connectivity index (χ4n) is 2.08. The Labute approximate surface area is 125 Å². The van der Waals surface area contributed by atoms with E-state index in [0.29, 0.717) is 5.11 Å². The molecule has 0 saturated heterocycles. The van der Waals surface area contributed by atoms with E-state index in [0.717, 1.165) is 17.1 Å². The van der Waals surface area contributed by atoms with Gasteiger partial charge >= 0.3 is 0 Å². The van der Waals surface area contributed by atoms with Crippen molar-refractivity contribution in [3.8, 4) is 5.75 Å². The second-order valence-electron chi connectivity index (χ2n) is 4.66. The van der Waals surface area contributed by atoms with Crippen LogP contribution in [0.15, 0.2) is 42.5 Å². The van der Waals surface area contributed by atoms with Crippen molar-refractivity contribution in [3.05, 3.63) is 53.6 Å². The van der Waals surface area contributed by atoms with Crippen LogP contribution in [-0.4, -0.2) is 12.2 Å². The van der Waals surface area contributed by atoms with Crippen molar-refractivity contribution >= 4 is 28.7 Å². The molecule has 0 radical (unpaired) electrons. The topological polar surface area (TPSA) is 33.3 Å². The molecule has 0 aliphatic heterocycles. The Hall–Kier alpha value is -2.07. The Kier molecular flexibility index (Phi) is 4.58. The van der Waals surface area contributed by atoms with Gasteiger partial charge in [0.15, 0.2) is 5.11 Å². The second kappa shape index (κ2) is 6.39. The molecule has 4 heteroatoms. The summed E-state index contributed by atoms with van der Waals surface area (Å²) >= 11 is 5.33. The lowest BCUT2D eigenvalue weighted by molar-refractivity contribution is 0.417. The van der Waals surface area contributed by atoms with Crippen LogP contribution in [0, 0.1) is 13.8 Å². The van der Waals surface area contributed by atoms with Crippen LogP contribution >= 0.6 is 12.2 Å². The summed E-state index contributed by atoms with van der Waals surface area (Å²) in [6.07, 6.45) is 0. The summed E-state index contributed by atoms with van der Waals surface area (Å²) in [5, 5.41) is 6.87. The molecule has 0 aliphatic carbocycles. The van der Waals surface area contributed by atoms with Gasteiger partial charge in [-0.1, -0.05) is 18.2 Å². The number of rotatable bonds is 3. The van der Waals surface area contributed by atoms with Crippen molar-refractivity contribution in [2.75, 3.05) is 17.7 Å². The molecule has 2 aromatic carbocycles. The standard InChI is InChI=1S/C16H18N2OS/c1-11-8-12(2)10-13(9-11)17-16(20)18-14-6-4-5-7-15(14)19-3/h4-10H,1-3H3,(H2,17,18,20). The largest absolute Gasteiger partial charge is 0.495 e. The molecule has 0 saturated carbocycles. The average molecular weight is 286 g/mol. The molecule has 20 heavy (non-hydrogen) atoms. The van der Waals surface area contributed by atoms with Crippen LogP contribution in [-0.2, 0) is 0 Å². The zero-order chi connectivity index (χ0) is 14.5. The second-order valence-corrected chi connectivity index (χ2v) is 5.06. The number of nitrogens with one attached hydrogen (secondary N) is 2. The summed E-state index contributed by atoms with van der Waals surface area (Å²) in [5.74, 6) is 0.761. The molecule has 0 atom stereocenters. The van der Waals surface area contributed by atoms with Crippen LogP contribution in [0.2, 0.25) is 0 Å². The van der Waals surface area contributed by atoms with E-state index in [1.54, 1.807) is 7.11 Å². The molecule has 0 bridgehead atoms. The Morgan fingerprint density at radius 3 is 2.30 bits per heavy atom. The van der Waals surface area contributed by atoms with Crippen molar-refractivity contribution in [1.82, 2.24) is 0 Å². The maximum atomic E-state index is 5.33. The quantitative estimate of drug-likeness (QED) is 0.832. The van der Waals surface area contributed by atoms with E-state index in [4.69, 9.17) is 17.0 Å². The first-order valence-corrected chi connectivity index (χ1v) is 6.78. The third kappa shape index (κ3) is 3.71. The van der Waals surface area contributed by atoms with Gasteiger partial charge in [0.2, 0.25) is 0 Å². The zero-order valence-electron chi connectivity index (χ0n) is 11.9. The first kappa shape index (κ1) is 14.3. The van der Waals surface area contributed by atoms with Gasteiger partial charge < -0.3 is 15.4 Å². The van der Waals surface area contributed by atoms with Gasteiger partial charge in [0.25, 0.3) is 0 Å². The summed E-state index contributed by atoms with van der Waals surface area (Å²) in [7, 11) is 1.64. The molecule has 3 nitrogen and oxygen atoms in total. The van der Waals surface area contributed by atoms with Crippen LogP contribution in [0.25, 0.3) is 0 Å². The zero-order valence-corrected chi connectivity index (χ0v) is 12.7. The monoisotopic (exact) mass is 286 g/mol. The van der Waals surface area contributed by atoms with Gasteiger partial charge in [0.1, 0.15) is 5.75 Å². The van der Waals surface area contributed by atoms with Gasteiger partial charge in [-0.2, -0.15) is 0 Å². The summed E-state index contributed by atoms with van der Waals surface area (Å²) in [4.78, 5) is 0. The van der Waals surface area contributed by atoms with Crippen LogP contribution < -0.4 is 15.4 Å². The molecule has 2 N–H and O–H groups in total. The molecule has 0 unspecified atom stereocenters. The first-order valence-electron chi connectivity index (χ1n) is 6.38. The predicted octanol–water partition coefficient (Wildman–Crippen LogP) is 4.12. The number of benzene rings is 2. The SMILES string of the molecule is COc1ccccc1NC(=S)Nc1cc(C)cc(C)c1. The fraction of sp³-hybridized carbons (Fsp3) is 0.188. The number of thiocarbonyl (C=S) groups is 1. The molecule has 0 aromatic heterocycles. The third-order valence-electron chi connectivity index (χ3n) is 2.83. The van der Waals surface area contributed by atoms with Crippen molar-refractivity contribution in [2.24, 2.45) is 0 Å². The smallest absolute Gasteiger partial charge is 0.175 e. The van der Waals surface area contributed by atoms with Crippen molar-refractivity contribution in [3.63, 3.8) is 0 Å². The van der Waals surface area contributed by atoms with Gasteiger partial charge in [0, 0.05) is 5.69 Å². The Morgan fingerprint density at radius 1 is 1.00 bits per heavy atom. The third-order valence-corrected chi connectivity index (χ3v) is 3.04. The summed E-state index contributed by atoms with van der Waals surface area (Å²) in [6.45, 7) is 4.13. The predicted molar refractivity (Wildman–Crippen MR) is 88.8 cm³/mol. The highest BCUT2D eigenvalue weighted by Gasteiger charge is 2.04. The maximum Gasteiger partial charge on any atom is 0.175 e. The molecule has 0 aliphatic rings. The number of para-hydroxylation sites is 2. The minimum absolute atomic E-state index is 0.541. The number of anilines is 2. The van der Waals surface area contributed by atoms with E-state index >= 15 is 0 Å². The van der Waals surface area contributed by atoms with Crippen molar-refractivity contribution in [2.45, 2.75) is 13.8 Å². The van der Waals surface area contributed by atoms with E-state index in [-0.39, 0.29) is 0 Å². The average Bonchev–Trinajstić information content (AvgIpc) is 2.37. The highest BCUT2D eigenvalue weighted by molar-refractivity contribution is 7.80. The van der Waals surface area contributed by atoms with E-state index in [1.807, 2.05) is 24.3 Å². The van der Waals surface area contributed by atoms with Crippen LogP contribution in [0.4, 0.5) is 11.4 Å². The molecule has 2 aromatic rings. The lowest BCUT2D eigenvalue weighted by atomic mass is 10.1. The van der Waals surface area contributed by atoms with Gasteiger partial charge in [0.05, 0.1) is 12.8 Å². The normalized spacial score (nSPS) is 9.95. The molecule has 0 amide bonds. The van der Waals surface area contributed by atoms with Gasteiger partial charge in [-0.15, -0.1) is 0 Å². The minimum Gasteiger partial charge on any atom is -0.495 e. The summed E-state index contributed by atoms with van der Waals surface area (Å²) < 4.78 is 5.28. The number of aryl methyl sites for hydroxylation is 2. The Morgan fingerprint density at radius 2 is 1.65 bits per heavy atom. The molecule has 0 spiro atoms. The lowest BCUT2D eigenvalue weighted by Crippen LogP contribution is -2.19. The molecule has 0 heterocycles. The molecule has 2 rings (SSSR count). The molecule has 0 fully saturated rings. The van der Waals surface area contributed by atoms with Crippen molar-refractivity contribution < 1.29 is 4.74 Å². The highest BCUT2D eigenvalue weighted by Crippen LogP contribution is 2.23. The number of ether oxygens (including phenoxy) is 1. The van der Waals surface area contributed by atoms with E-state index < -0.39 is 0 Å². The van der Waals surface area contributed by atoms with Crippen LogP contribution in [0.3, 0.4) is 0 Å².